The molecule has 1 aromatic rings. The van der Waals surface area contributed by atoms with Gasteiger partial charge in [-0.15, -0.1) is 0 Å². The Morgan fingerprint density at radius 2 is 1.95 bits per heavy atom. The van der Waals surface area contributed by atoms with Crippen LogP contribution in [0.15, 0.2) is 24.3 Å². The normalized spacial score (nSPS) is 12.6. The second-order valence-corrected chi connectivity index (χ2v) is 5.50. The van der Waals surface area contributed by atoms with Gasteiger partial charge in [0.25, 0.3) is 0 Å². The number of nitrogens with one attached hydrogen (secondary N) is 1. The van der Waals surface area contributed by atoms with E-state index in [0.29, 0.717) is 5.92 Å². The summed E-state index contributed by atoms with van der Waals surface area (Å²) < 4.78 is 10.5. The molecule has 1 N–H and O–H groups in total. The van der Waals surface area contributed by atoms with Gasteiger partial charge in [-0.3, -0.25) is 0 Å². The van der Waals surface area contributed by atoms with E-state index in [9.17, 15) is 4.79 Å². The third-order valence-corrected chi connectivity index (χ3v) is 2.73. The van der Waals surface area contributed by atoms with Crippen LogP contribution in [0.25, 0.3) is 0 Å². The van der Waals surface area contributed by atoms with Gasteiger partial charge in [0, 0.05) is 0 Å². The molecule has 0 heterocycles. The highest BCUT2D eigenvalue weighted by Gasteiger charge is 2.21. The number of benzene rings is 1. The molecule has 1 aromatic carbocycles. The van der Waals surface area contributed by atoms with E-state index >= 15 is 0 Å². The molecule has 4 nitrogen and oxygen atoms in total. The Morgan fingerprint density at radius 3 is 2.50 bits per heavy atom. The van der Waals surface area contributed by atoms with Gasteiger partial charge in [-0.2, -0.15) is 0 Å². The average Bonchev–Trinajstić information content (AvgIpc) is 2.38. The van der Waals surface area contributed by atoms with Crippen LogP contribution in [0.5, 0.6) is 5.75 Å². The van der Waals surface area contributed by atoms with E-state index in [2.05, 4.69) is 19.2 Å². The van der Waals surface area contributed by atoms with Crippen molar-refractivity contribution >= 4 is 5.97 Å². The van der Waals surface area contributed by atoms with Crippen molar-refractivity contribution in [3.8, 4) is 5.75 Å². The van der Waals surface area contributed by atoms with Gasteiger partial charge in [-0.1, -0.05) is 26.0 Å². The first-order chi connectivity index (χ1) is 9.43. The van der Waals surface area contributed by atoms with E-state index in [-0.39, 0.29) is 12.1 Å². The highest BCUT2D eigenvalue weighted by atomic mass is 16.5. The number of ether oxygens (including phenoxy) is 2. The molecule has 0 radical (unpaired) electrons. The van der Waals surface area contributed by atoms with Gasteiger partial charge in [-0.05, 0) is 44.0 Å². The SMILES string of the molecule is COC(=O)C(NCC(C)C)c1cccc(OC(C)C)c1. The molecule has 0 aliphatic heterocycles. The lowest BCUT2D eigenvalue weighted by Crippen LogP contribution is -2.32. The van der Waals surface area contributed by atoms with Crippen molar-refractivity contribution in [1.29, 1.82) is 0 Å². The van der Waals surface area contributed by atoms with Crippen molar-refractivity contribution in [3.05, 3.63) is 29.8 Å². The second-order valence-electron chi connectivity index (χ2n) is 5.50. The Morgan fingerprint density at radius 1 is 1.25 bits per heavy atom. The van der Waals surface area contributed by atoms with Crippen LogP contribution in [0.4, 0.5) is 0 Å². The summed E-state index contributed by atoms with van der Waals surface area (Å²) in [6.45, 7) is 8.89. The summed E-state index contributed by atoms with van der Waals surface area (Å²) in [5.41, 5.74) is 0.857. The first-order valence-electron chi connectivity index (χ1n) is 7.01. The Labute approximate surface area is 121 Å². The van der Waals surface area contributed by atoms with Gasteiger partial charge in [0.2, 0.25) is 0 Å². The summed E-state index contributed by atoms with van der Waals surface area (Å²) in [6, 6.07) is 7.11. The predicted molar refractivity (Wildman–Crippen MR) is 79.8 cm³/mol. The Balaban J connectivity index is 2.91. The molecule has 1 rings (SSSR count). The Bertz CT molecular complexity index is 429. The van der Waals surface area contributed by atoms with Crippen LogP contribution in [-0.2, 0) is 9.53 Å². The maximum Gasteiger partial charge on any atom is 0.327 e. The van der Waals surface area contributed by atoms with E-state index in [1.807, 2.05) is 38.1 Å². The fourth-order valence-corrected chi connectivity index (χ4v) is 1.85. The van der Waals surface area contributed by atoms with E-state index in [4.69, 9.17) is 9.47 Å². The third kappa shape index (κ3) is 5.21. The lowest BCUT2D eigenvalue weighted by molar-refractivity contribution is -0.143. The Kier molecular flexibility index (Phi) is 6.52. The summed E-state index contributed by atoms with van der Waals surface area (Å²) in [7, 11) is 1.40. The first-order valence-corrected chi connectivity index (χ1v) is 7.01. The number of methoxy groups -OCH3 is 1. The van der Waals surface area contributed by atoms with Crippen LogP contribution in [-0.4, -0.2) is 25.7 Å². The van der Waals surface area contributed by atoms with Crippen molar-refractivity contribution in [2.75, 3.05) is 13.7 Å². The van der Waals surface area contributed by atoms with Crippen molar-refractivity contribution in [1.82, 2.24) is 5.32 Å². The molecule has 0 spiro atoms. The summed E-state index contributed by atoms with van der Waals surface area (Å²) in [5, 5.41) is 3.24. The monoisotopic (exact) mass is 279 g/mol. The molecule has 0 aliphatic rings. The molecular formula is C16H25NO3. The second kappa shape index (κ2) is 7.90. The van der Waals surface area contributed by atoms with E-state index in [1.165, 1.54) is 7.11 Å². The van der Waals surface area contributed by atoms with Crippen molar-refractivity contribution in [2.45, 2.75) is 39.8 Å². The predicted octanol–water partition coefficient (Wildman–Crippen LogP) is 2.93. The standard InChI is InChI=1S/C16H25NO3/c1-11(2)10-17-15(16(18)19-5)13-7-6-8-14(9-13)20-12(3)4/h6-9,11-12,15,17H,10H2,1-5H3. The minimum Gasteiger partial charge on any atom is -0.491 e. The largest absolute Gasteiger partial charge is 0.491 e. The third-order valence-electron chi connectivity index (χ3n) is 2.73. The van der Waals surface area contributed by atoms with E-state index < -0.39 is 6.04 Å². The van der Waals surface area contributed by atoms with Gasteiger partial charge in [-0.25, -0.2) is 4.79 Å². The van der Waals surface area contributed by atoms with Gasteiger partial charge in [0.1, 0.15) is 11.8 Å². The number of carbonyl (C=O) groups is 1. The summed E-state index contributed by atoms with van der Waals surface area (Å²) >= 11 is 0. The van der Waals surface area contributed by atoms with Crippen molar-refractivity contribution in [3.63, 3.8) is 0 Å². The minimum absolute atomic E-state index is 0.102. The maximum absolute atomic E-state index is 11.9. The molecule has 4 heteroatoms. The molecule has 0 amide bonds. The first kappa shape index (κ1) is 16.5. The van der Waals surface area contributed by atoms with Gasteiger partial charge >= 0.3 is 5.97 Å². The van der Waals surface area contributed by atoms with E-state index in [0.717, 1.165) is 17.9 Å². The van der Waals surface area contributed by atoms with E-state index in [1.54, 1.807) is 0 Å². The van der Waals surface area contributed by atoms with Crippen LogP contribution in [0, 0.1) is 5.92 Å². The lowest BCUT2D eigenvalue weighted by atomic mass is 10.1. The zero-order valence-corrected chi connectivity index (χ0v) is 13.0. The molecule has 20 heavy (non-hydrogen) atoms. The average molecular weight is 279 g/mol. The van der Waals surface area contributed by atoms with Crippen LogP contribution in [0.2, 0.25) is 0 Å². The zero-order chi connectivity index (χ0) is 15.1. The lowest BCUT2D eigenvalue weighted by Gasteiger charge is -2.19. The minimum atomic E-state index is -0.460. The molecule has 0 saturated heterocycles. The number of carbonyl (C=O) groups excluding carboxylic acids is 1. The fraction of sp³-hybridized carbons (Fsp3) is 0.562. The molecule has 112 valence electrons. The summed E-state index contributed by atoms with van der Waals surface area (Å²) in [4.78, 5) is 11.9. The highest BCUT2D eigenvalue weighted by Crippen LogP contribution is 2.21. The van der Waals surface area contributed by atoms with Crippen molar-refractivity contribution < 1.29 is 14.3 Å². The van der Waals surface area contributed by atoms with Crippen LogP contribution in [0.3, 0.4) is 0 Å². The van der Waals surface area contributed by atoms with Crippen LogP contribution < -0.4 is 10.1 Å². The topological polar surface area (TPSA) is 47.6 Å². The molecule has 0 bridgehead atoms. The van der Waals surface area contributed by atoms with Crippen LogP contribution in [0.1, 0.15) is 39.3 Å². The highest BCUT2D eigenvalue weighted by molar-refractivity contribution is 5.77. The molecular weight excluding hydrogens is 254 g/mol. The number of esters is 1. The number of hydrogen-bond donors (Lipinski definition) is 1. The number of hydrogen-bond acceptors (Lipinski definition) is 4. The smallest absolute Gasteiger partial charge is 0.327 e. The molecule has 0 aliphatic carbocycles. The van der Waals surface area contributed by atoms with Crippen molar-refractivity contribution in [2.24, 2.45) is 5.92 Å². The Hall–Kier alpha value is -1.55. The molecule has 1 unspecified atom stereocenters. The quantitative estimate of drug-likeness (QED) is 0.780. The molecule has 0 saturated carbocycles. The molecule has 1 atom stereocenters. The summed E-state index contributed by atoms with van der Waals surface area (Å²) in [6.07, 6.45) is 0.102. The fourth-order valence-electron chi connectivity index (χ4n) is 1.85. The molecule has 0 aromatic heterocycles. The molecule has 0 fully saturated rings. The van der Waals surface area contributed by atoms with Crippen LogP contribution >= 0.6 is 0 Å². The zero-order valence-electron chi connectivity index (χ0n) is 13.0. The van der Waals surface area contributed by atoms with Gasteiger partial charge in [0.15, 0.2) is 0 Å². The maximum atomic E-state index is 11.9. The van der Waals surface area contributed by atoms with Gasteiger partial charge < -0.3 is 14.8 Å². The number of rotatable bonds is 7. The summed E-state index contributed by atoms with van der Waals surface area (Å²) in [5.74, 6) is 0.933. The van der Waals surface area contributed by atoms with Gasteiger partial charge in [0.05, 0.1) is 13.2 Å².